The molecule has 130 valence electrons. The van der Waals surface area contributed by atoms with Gasteiger partial charge >= 0.3 is 6.18 Å². The maximum Gasteiger partial charge on any atom is 0.405 e. The van der Waals surface area contributed by atoms with Gasteiger partial charge in [0.15, 0.2) is 0 Å². The quantitative estimate of drug-likeness (QED) is 0.791. The van der Waals surface area contributed by atoms with E-state index in [4.69, 9.17) is 0 Å². The molecule has 0 spiro atoms. The number of carbonyl (C=O) groups is 1. The van der Waals surface area contributed by atoms with Gasteiger partial charge in [0.1, 0.15) is 10.8 Å². The number of rotatable bonds is 4. The van der Waals surface area contributed by atoms with Crippen LogP contribution in [0.4, 0.5) is 13.2 Å². The summed E-state index contributed by atoms with van der Waals surface area (Å²) in [5, 5.41) is 1.84. The fraction of sp³-hybridized carbons (Fsp3) is 0.583. The zero-order valence-electron chi connectivity index (χ0n) is 11.8. The Labute approximate surface area is 144 Å². The molecule has 1 aromatic rings. The summed E-state index contributed by atoms with van der Waals surface area (Å²) < 4.78 is 63.2. The normalized spacial score (nSPS) is 18.1. The number of nitrogens with zero attached hydrogens (tertiary/aromatic N) is 1. The number of thiophene rings is 1. The highest BCUT2D eigenvalue weighted by Crippen LogP contribution is 2.30. The number of hydrogen-bond acceptors (Lipinski definition) is 4. The molecular formula is C12H14BrF3N2O3S2. The minimum absolute atomic E-state index is 0.113. The first-order valence-corrected chi connectivity index (χ1v) is 9.74. The van der Waals surface area contributed by atoms with Crippen LogP contribution in [-0.2, 0) is 14.8 Å². The van der Waals surface area contributed by atoms with Gasteiger partial charge in [0.25, 0.3) is 10.0 Å². The second-order valence-corrected chi connectivity index (χ2v) is 9.70. The van der Waals surface area contributed by atoms with Gasteiger partial charge in [-0.15, -0.1) is 11.3 Å². The van der Waals surface area contributed by atoms with Crippen molar-refractivity contribution in [1.82, 2.24) is 9.62 Å². The van der Waals surface area contributed by atoms with E-state index in [2.05, 4.69) is 15.9 Å². The van der Waals surface area contributed by atoms with E-state index in [0.29, 0.717) is 3.79 Å². The van der Waals surface area contributed by atoms with Crippen molar-refractivity contribution in [2.24, 2.45) is 5.92 Å². The van der Waals surface area contributed by atoms with Gasteiger partial charge in [-0.3, -0.25) is 4.79 Å². The molecule has 2 heterocycles. The molecule has 11 heteroatoms. The Kier molecular flexibility index (Phi) is 5.75. The van der Waals surface area contributed by atoms with Gasteiger partial charge in [-0.1, -0.05) is 0 Å². The number of halogens is 4. The second-order valence-electron chi connectivity index (χ2n) is 5.07. The van der Waals surface area contributed by atoms with Crippen molar-refractivity contribution in [3.05, 3.63) is 15.9 Å². The first kappa shape index (κ1) is 18.7. The fourth-order valence-corrected chi connectivity index (χ4v) is 5.89. The van der Waals surface area contributed by atoms with Crippen LogP contribution in [0.2, 0.25) is 0 Å². The highest BCUT2D eigenvalue weighted by Gasteiger charge is 2.34. The van der Waals surface area contributed by atoms with Gasteiger partial charge in [-0.05, 0) is 40.9 Å². The smallest absolute Gasteiger partial charge is 0.347 e. The molecule has 1 fully saturated rings. The molecule has 1 amide bonds. The molecule has 1 saturated heterocycles. The number of sulfonamides is 1. The van der Waals surface area contributed by atoms with Crippen molar-refractivity contribution in [2.75, 3.05) is 19.6 Å². The van der Waals surface area contributed by atoms with Crippen molar-refractivity contribution in [3.63, 3.8) is 0 Å². The van der Waals surface area contributed by atoms with Crippen molar-refractivity contribution in [1.29, 1.82) is 0 Å². The van der Waals surface area contributed by atoms with Gasteiger partial charge in [0.05, 0.1) is 3.79 Å². The van der Waals surface area contributed by atoms with Crippen molar-refractivity contribution < 1.29 is 26.4 Å². The monoisotopic (exact) mass is 434 g/mol. The van der Waals surface area contributed by atoms with Crippen molar-refractivity contribution in [2.45, 2.75) is 23.2 Å². The lowest BCUT2D eigenvalue weighted by molar-refractivity contribution is -0.141. The molecule has 2 rings (SSSR count). The predicted molar refractivity (Wildman–Crippen MR) is 82.6 cm³/mol. The largest absolute Gasteiger partial charge is 0.405 e. The minimum Gasteiger partial charge on any atom is -0.347 e. The first-order chi connectivity index (χ1) is 10.6. The van der Waals surface area contributed by atoms with Gasteiger partial charge in [0, 0.05) is 19.0 Å². The summed E-state index contributed by atoms with van der Waals surface area (Å²) in [5.74, 6) is -1.28. The van der Waals surface area contributed by atoms with E-state index in [1.165, 1.54) is 10.4 Å². The SMILES string of the molecule is O=C(NCC(F)(F)F)C1CCN(S(=O)(=O)c2ccc(Br)s2)CC1. The molecule has 0 unspecified atom stereocenters. The van der Waals surface area contributed by atoms with Crippen LogP contribution in [0.15, 0.2) is 20.1 Å². The lowest BCUT2D eigenvalue weighted by Crippen LogP contribution is -2.44. The molecule has 5 nitrogen and oxygen atoms in total. The Morgan fingerprint density at radius 1 is 1.35 bits per heavy atom. The van der Waals surface area contributed by atoms with Crippen LogP contribution >= 0.6 is 27.3 Å². The second kappa shape index (κ2) is 7.08. The molecule has 1 aliphatic rings. The Hall–Kier alpha value is -0.650. The number of carbonyl (C=O) groups excluding carboxylic acids is 1. The highest BCUT2D eigenvalue weighted by molar-refractivity contribution is 9.11. The number of hydrogen-bond donors (Lipinski definition) is 1. The van der Waals surface area contributed by atoms with Gasteiger partial charge in [-0.2, -0.15) is 17.5 Å². The molecule has 0 radical (unpaired) electrons. The zero-order chi connectivity index (χ0) is 17.3. The molecule has 1 N–H and O–H groups in total. The average Bonchev–Trinajstić information content (AvgIpc) is 2.91. The summed E-state index contributed by atoms with van der Waals surface area (Å²) in [4.78, 5) is 11.7. The zero-order valence-corrected chi connectivity index (χ0v) is 15.0. The molecule has 1 aliphatic heterocycles. The van der Waals surface area contributed by atoms with Gasteiger partial charge in [0.2, 0.25) is 5.91 Å². The van der Waals surface area contributed by atoms with Crippen LogP contribution in [0, 0.1) is 5.92 Å². The summed E-state index contributed by atoms with van der Waals surface area (Å²) >= 11 is 4.29. The van der Waals surface area contributed by atoms with E-state index in [1.54, 1.807) is 6.07 Å². The number of piperidine rings is 1. The van der Waals surface area contributed by atoms with E-state index in [9.17, 15) is 26.4 Å². The van der Waals surface area contributed by atoms with Crippen LogP contribution in [-0.4, -0.2) is 44.4 Å². The Morgan fingerprint density at radius 2 is 1.96 bits per heavy atom. The third-order valence-electron chi connectivity index (χ3n) is 3.43. The highest BCUT2D eigenvalue weighted by atomic mass is 79.9. The molecule has 23 heavy (non-hydrogen) atoms. The fourth-order valence-electron chi connectivity index (χ4n) is 2.25. The Balaban J connectivity index is 1.92. The van der Waals surface area contributed by atoms with Crippen LogP contribution in [0.1, 0.15) is 12.8 Å². The lowest BCUT2D eigenvalue weighted by Gasteiger charge is -2.30. The third kappa shape index (κ3) is 4.91. The Morgan fingerprint density at radius 3 is 2.43 bits per heavy atom. The molecular weight excluding hydrogens is 421 g/mol. The molecule has 0 bridgehead atoms. The molecule has 0 aromatic carbocycles. The summed E-state index contributed by atoms with van der Waals surface area (Å²) in [6.45, 7) is -1.14. The Bertz CT molecular complexity index is 667. The van der Waals surface area contributed by atoms with E-state index in [0.717, 1.165) is 11.3 Å². The average molecular weight is 435 g/mol. The van der Waals surface area contributed by atoms with E-state index in [1.807, 2.05) is 5.32 Å². The van der Waals surface area contributed by atoms with Crippen LogP contribution in [0.3, 0.4) is 0 Å². The van der Waals surface area contributed by atoms with Crippen LogP contribution < -0.4 is 5.32 Å². The van der Waals surface area contributed by atoms with E-state index in [-0.39, 0.29) is 30.1 Å². The van der Waals surface area contributed by atoms with E-state index < -0.39 is 34.6 Å². The summed E-state index contributed by atoms with van der Waals surface area (Å²) in [5.41, 5.74) is 0. The number of alkyl halides is 3. The maximum atomic E-state index is 12.4. The minimum atomic E-state index is -4.45. The van der Waals surface area contributed by atoms with Crippen LogP contribution in [0.25, 0.3) is 0 Å². The van der Waals surface area contributed by atoms with Gasteiger partial charge < -0.3 is 5.32 Å². The van der Waals surface area contributed by atoms with Gasteiger partial charge in [-0.25, -0.2) is 8.42 Å². The molecule has 0 atom stereocenters. The first-order valence-electron chi connectivity index (χ1n) is 6.69. The lowest BCUT2D eigenvalue weighted by atomic mass is 9.97. The third-order valence-corrected chi connectivity index (χ3v) is 7.42. The van der Waals surface area contributed by atoms with Crippen molar-refractivity contribution in [3.8, 4) is 0 Å². The molecule has 1 aromatic heterocycles. The predicted octanol–water partition coefficient (Wildman–Crippen LogP) is 2.59. The summed E-state index contributed by atoms with van der Waals surface area (Å²) in [6, 6.07) is 3.13. The molecule has 0 saturated carbocycles. The van der Waals surface area contributed by atoms with Crippen molar-refractivity contribution >= 4 is 43.2 Å². The van der Waals surface area contributed by atoms with Crippen LogP contribution in [0.5, 0.6) is 0 Å². The maximum absolute atomic E-state index is 12.4. The summed E-state index contributed by atoms with van der Waals surface area (Å²) in [7, 11) is -3.62. The number of amides is 1. The van der Waals surface area contributed by atoms with E-state index >= 15 is 0 Å². The standard InChI is InChI=1S/C12H14BrF3N2O3S2/c13-9-1-2-10(22-9)23(20,21)18-5-3-8(4-6-18)11(19)17-7-12(14,15)16/h1-2,8H,3-7H2,(H,17,19). The molecule has 0 aliphatic carbocycles. The topological polar surface area (TPSA) is 66.5 Å². The summed E-state index contributed by atoms with van der Waals surface area (Å²) in [6.07, 6.45) is -4.04. The number of nitrogens with one attached hydrogen (secondary N) is 1.